The lowest BCUT2D eigenvalue weighted by atomic mass is 9.99. The van der Waals surface area contributed by atoms with E-state index in [-0.39, 0.29) is 3.57 Å². The largest absolute Gasteiger partial charge is 0.338 e. The zero-order valence-electron chi connectivity index (χ0n) is 10.0. The molecule has 1 fully saturated rings. The number of carbonyl (C=O) groups excluding carboxylic acids is 1. The van der Waals surface area contributed by atoms with Crippen LogP contribution in [0.1, 0.15) is 30.1 Å². The fourth-order valence-corrected chi connectivity index (χ4v) is 2.70. The van der Waals surface area contributed by atoms with E-state index in [4.69, 9.17) is 0 Å². The molecule has 0 aromatic heterocycles. The Hall–Kier alpha value is -0.720. The van der Waals surface area contributed by atoms with Gasteiger partial charge < -0.3 is 4.90 Å². The molecule has 18 heavy (non-hydrogen) atoms. The van der Waals surface area contributed by atoms with Crippen LogP contribution in [0.5, 0.6) is 0 Å². The van der Waals surface area contributed by atoms with Gasteiger partial charge in [-0.2, -0.15) is 0 Å². The summed E-state index contributed by atoms with van der Waals surface area (Å²) in [7, 11) is 0. The van der Waals surface area contributed by atoms with E-state index in [9.17, 15) is 13.6 Å². The maximum absolute atomic E-state index is 13.9. The molecule has 1 saturated heterocycles. The predicted molar refractivity (Wildman–Crippen MR) is 73.4 cm³/mol. The molecule has 1 heterocycles. The number of likely N-dealkylation sites (tertiary alicyclic amines) is 1. The molecule has 5 heteroatoms. The number of nitrogens with zero attached hydrogens (tertiary/aromatic N) is 1. The van der Waals surface area contributed by atoms with Crippen LogP contribution >= 0.6 is 22.6 Å². The minimum absolute atomic E-state index is 0.266. The van der Waals surface area contributed by atoms with E-state index in [0.29, 0.717) is 19.0 Å². The lowest BCUT2D eigenvalue weighted by Gasteiger charge is -2.31. The average molecular weight is 365 g/mol. The summed E-state index contributed by atoms with van der Waals surface area (Å²) < 4.78 is 27.8. The van der Waals surface area contributed by atoms with Gasteiger partial charge in [0.05, 0.1) is 0 Å². The van der Waals surface area contributed by atoms with E-state index < -0.39 is 23.1 Å². The SMILES string of the molecule is CC1CCCN(C(=O)c2c(F)ccc(I)c2F)C1. The first-order chi connectivity index (χ1) is 8.50. The third-order valence-corrected chi connectivity index (χ3v) is 4.04. The highest BCUT2D eigenvalue weighted by Crippen LogP contribution is 2.23. The summed E-state index contributed by atoms with van der Waals surface area (Å²) >= 11 is 1.76. The molecule has 0 N–H and O–H groups in total. The van der Waals surface area contributed by atoms with Crippen molar-refractivity contribution in [3.05, 3.63) is 32.9 Å². The topological polar surface area (TPSA) is 20.3 Å². The molecule has 1 aromatic rings. The number of halogens is 3. The summed E-state index contributed by atoms with van der Waals surface area (Å²) in [6.45, 7) is 3.19. The maximum Gasteiger partial charge on any atom is 0.259 e. The van der Waals surface area contributed by atoms with Gasteiger partial charge in [-0.1, -0.05) is 6.92 Å². The van der Waals surface area contributed by atoms with Crippen molar-refractivity contribution in [1.82, 2.24) is 4.90 Å². The van der Waals surface area contributed by atoms with E-state index in [1.165, 1.54) is 6.07 Å². The number of benzene rings is 1. The van der Waals surface area contributed by atoms with Crippen LogP contribution in [-0.4, -0.2) is 23.9 Å². The second-order valence-corrected chi connectivity index (χ2v) is 5.88. The highest BCUT2D eigenvalue weighted by Gasteiger charge is 2.27. The molecule has 0 radical (unpaired) electrons. The van der Waals surface area contributed by atoms with Gasteiger partial charge >= 0.3 is 0 Å². The Bertz CT molecular complexity index is 478. The summed E-state index contributed by atoms with van der Waals surface area (Å²) in [6.07, 6.45) is 1.95. The zero-order valence-corrected chi connectivity index (χ0v) is 12.2. The van der Waals surface area contributed by atoms with Crippen LogP contribution in [0.15, 0.2) is 12.1 Å². The Morgan fingerprint density at radius 2 is 2.17 bits per heavy atom. The van der Waals surface area contributed by atoms with Crippen LogP contribution in [0.4, 0.5) is 8.78 Å². The number of hydrogen-bond acceptors (Lipinski definition) is 1. The normalized spacial score (nSPS) is 20.0. The first-order valence-corrected chi connectivity index (χ1v) is 7.01. The third kappa shape index (κ3) is 2.65. The molecule has 2 nitrogen and oxygen atoms in total. The number of piperidine rings is 1. The van der Waals surface area contributed by atoms with E-state index in [1.807, 2.05) is 6.92 Å². The Balaban J connectivity index is 2.31. The van der Waals surface area contributed by atoms with Crippen molar-refractivity contribution < 1.29 is 13.6 Å². The number of hydrogen-bond donors (Lipinski definition) is 0. The lowest BCUT2D eigenvalue weighted by molar-refractivity contribution is 0.0673. The third-order valence-electron chi connectivity index (χ3n) is 3.20. The molecule has 1 amide bonds. The smallest absolute Gasteiger partial charge is 0.259 e. The summed E-state index contributed by atoms with van der Waals surface area (Å²) in [5, 5.41) is 0. The summed E-state index contributed by atoms with van der Waals surface area (Å²) in [4.78, 5) is 13.7. The lowest BCUT2D eigenvalue weighted by Crippen LogP contribution is -2.40. The second-order valence-electron chi connectivity index (χ2n) is 4.72. The van der Waals surface area contributed by atoms with Crippen LogP contribution in [0.25, 0.3) is 0 Å². The van der Waals surface area contributed by atoms with Crippen molar-refractivity contribution in [3.8, 4) is 0 Å². The molecular weight excluding hydrogens is 351 g/mol. The monoisotopic (exact) mass is 365 g/mol. The molecule has 1 unspecified atom stereocenters. The first kappa shape index (κ1) is 13.7. The maximum atomic E-state index is 13.9. The van der Waals surface area contributed by atoms with Crippen molar-refractivity contribution in [2.75, 3.05) is 13.1 Å². The molecule has 2 rings (SSSR count). The van der Waals surface area contributed by atoms with Gasteiger partial charge in [-0.15, -0.1) is 0 Å². The minimum atomic E-state index is -0.781. The molecule has 0 bridgehead atoms. The Labute approximate surface area is 118 Å². The van der Waals surface area contributed by atoms with Gasteiger partial charge in [0.2, 0.25) is 0 Å². The summed E-state index contributed by atoms with van der Waals surface area (Å²) in [6, 6.07) is 2.48. The number of amides is 1. The average Bonchev–Trinajstić information content (AvgIpc) is 2.34. The molecule has 1 aromatic carbocycles. The summed E-state index contributed by atoms with van der Waals surface area (Å²) in [5.41, 5.74) is -0.420. The van der Waals surface area contributed by atoms with Crippen LogP contribution in [-0.2, 0) is 0 Å². The van der Waals surface area contributed by atoms with Gasteiger partial charge in [0, 0.05) is 16.7 Å². The molecule has 1 atom stereocenters. The highest BCUT2D eigenvalue weighted by molar-refractivity contribution is 14.1. The molecule has 0 spiro atoms. The van der Waals surface area contributed by atoms with Gasteiger partial charge in [0.25, 0.3) is 5.91 Å². The zero-order chi connectivity index (χ0) is 13.3. The van der Waals surface area contributed by atoms with Crippen molar-refractivity contribution in [1.29, 1.82) is 0 Å². The molecule has 0 saturated carbocycles. The van der Waals surface area contributed by atoms with E-state index in [2.05, 4.69) is 0 Å². The van der Waals surface area contributed by atoms with Crippen molar-refractivity contribution in [2.24, 2.45) is 5.92 Å². The van der Waals surface area contributed by atoms with Gasteiger partial charge in [-0.25, -0.2) is 8.78 Å². The molecule has 1 aliphatic rings. The van der Waals surface area contributed by atoms with Gasteiger partial charge in [0.15, 0.2) is 5.82 Å². The van der Waals surface area contributed by atoms with Gasteiger partial charge in [-0.05, 0) is 53.5 Å². The fraction of sp³-hybridized carbons (Fsp3) is 0.462. The molecular formula is C13H14F2INO. The van der Waals surface area contributed by atoms with Crippen molar-refractivity contribution in [2.45, 2.75) is 19.8 Å². The van der Waals surface area contributed by atoms with Crippen LogP contribution < -0.4 is 0 Å². The number of carbonyl (C=O) groups is 1. The van der Waals surface area contributed by atoms with E-state index in [0.717, 1.165) is 18.9 Å². The standard InChI is InChI=1S/C13H14F2INO/c1-8-3-2-6-17(7-8)13(18)11-9(14)4-5-10(16)12(11)15/h4-5,8H,2-3,6-7H2,1H3. The van der Waals surface area contributed by atoms with Crippen molar-refractivity contribution in [3.63, 3.8) is 0 Å². The number of rotatable bonds is 1. The van der Waals surface area contributed by atoms with Gasteiger partial charge in [-0.3, -0.25) is 4.79 Å². The van der Waals surface area contributed by atoms with E-state index in [1.54, 1.807) is 27.5 Å². The first-order valence-electron chi connectivity index (χ1n) is 5.93. The Morgan fingerprint density at radius 1 is 1.44 bits per heavy atom. The van der Waals surface area contributed by atoms with Gasteiger partial charge in [0.1, 0.15) is 11.4 Å². The van der Waals surface area contributed by atoms with Crippen LogP contribution in [0, 0.1) is 21.1 Å². The molecule has 0 aliphatic carbocycles. The summed E-state index contributed by atoms with van der Waals surface area (Å²) in [5.74, 6) is -1.68. The Kier molecular flexibility index (Phi) is 4.19. The fourth-order valence-electron chi connectivity index (χ4n) is 2.26. The Morgan fingerprint density at radius 3 is 2.83 bits per heavy atom. The molecule has 1 aliphatic heterocycles. The van der Waals surface area contributed by atoms with Crippen LogP contribution in [0.3, 0.4) is 0 Å². The highest BCUT2D eigenvalue weighted by atomic mass is 127. The molecule has 98 valence electrons. The van der Waals surface area contributed by atoms with E-state index >= 15 is 0 Å². The predicted octanol–water partition coefficient (Wildman–Crippen LogP) is 3.44. The quantitative estimate of drug-likeness (QED) is 0.552. The second kappa shape index (κ2) is 5.50. The van der Waals surface area contributed by atoms with Crippen LogP contribution in [0.2, 0.25) is 0 Å². The van der Waals surface area contributed by atoms with Crippen molar-refractivity contribution >= 4 is 28.5 Å². The minimum Gasteiger partial charge on any atom is -0.338 e.